The third-order valence-electron chi connectivity index (χ3n) is 3.35. The van der Waals surface area contributed by atoms with E-state index in [1.807, 2.05) is 25.1 Å². The van der Waals surface area contributed by atoms with Gasteiger partial charge in [0.25, 0.3) is 5.91 Å². The number of hydrogen-bond donors (Lipinski definition) is 1. The smallest absolute Gasteiger partial charge is 0.270 e. The van der Waals surface area contributed by atoms with Crippen molar-refractivity contribution in [3.63, 3.8) is 0 Å². The van der Waals surface area contributed by atoms with Gasteiger partial charge in [0.1, 0.15) is 5.69 Å². The molecule has 1 aromatic heterocycles. The minimum absolute atomic E-state index is 0.0613. The van der Waals surface area contributed by atoms with E-state index >= 15 is 0 Å². The molecular formula is C18H22N2O2. The van der Waals surface area contributed by atoms with Crippen LogP contribution in [0.15, 0.2) is 54.7 Å². The molecule has 0 aliphatic rings. The van der Waals surface area contributed by atoms with E-state index in [0.29, 0.717) is 18.9 Å². The normalized spacial score (nSPS) is 11.9. The molecule has 1 atom stereocenters. The average molecular weight is 298 g/mol. The van der Waals surface area contributed by atoms with Crippen LogP contribution in [-0.2, 0) is 11.2 Å². The number of amides is 1. The molecule has 1 amide bonds. The number of benzene rings is 1. The standard InChI is InChI=1S/C18H22N2O2/c1-15(20-18(21)17-9-5-6-12-19-17)10-13-22-14-11-16-7-3-2-4-8-16/h2-9,12,15H,10-11,13-14H2,1H3,(H,20,21). The van der Waals surface area contributed by atoms with Crippen LogP contribution < -0.4 is 5.32 Å². The lowest BCUT2D eigenvalue weighted by molar-refractivity contribution is 0.0912. The van der Waals surface area contributed by atoms with Crippen molar-refractivity contribution in [3.05, 3.63) is 66.0 Å². The molecule has 0 radical (unpaired) electrons. The van der Waals surface area contributed by atoms with Crippen molar-refractivity contribution in [1.82, 2.24) is 10.3 Å². The largest absolute Gasteiger partial charge is 0.381 e. The number of carbonyl (C=O) groups excluding carboxylic acids is 1. The van der Waals surface area contributed by atoms with Crippen LogP contribution in [0.4, 0.5) is 0 Å². The molecule has 116 valence electrons. The number of nitrogens with one attached hydrogen (secondary N) is 1. The summed E-state index contributed by atoms with van der Waals surface area (Å²) in [6.45, 7) is 3.31. The predicted molar refractivity (Wildman–Crippen MR) is 86.7 cm³/mol. The van der Waals surface area contributed by atoms with Gasteiger partial charge in [0.2, 0.25) is 0 Å². The van der Waals surface area contributed by atoms with Gasteiger partial charge in [-0.3, -0.25) is 9.78 Å². The van der Waals surface area contributed by atoms with Crippen molar-refractivity contribution < 1.29 is 9.53 Å². The van der Waals surface area contributed by atoms with Crippen molar-refractivity contribution in [3.8, 4) is 0 Å². The highest BCUT2D eigenvalue weighted by Crippen LogP contribution is 2.01. The molecule has 1 unspecified atom stereocenters. The Morgan fingerprint density at radius 1 is 1.14 bits per heavy atom. The second-order valence-electron chi connectivity index (χ2n) is 5.23. The lowest BCUT2D eigenvalue weighted by Crippen LogP contribution is -2.33. The van der Waals surface area contributed by atoms with Crippen molar-refractivity contribution in [1.29, 1.82) is 0 Å². The molecule has 2 aromatic rings. The van der Waals surface area contributed by atoms with Crippen molar-refractivity contribution in [2.45, 2.75) is 25.8 Å². The molecule has 1 N–H and O–H groups in total. The van der Waals surface area contributed by atoms with E-state index in [0.717, 1.165) is 12.8 Å². The summed E-state index contributed by atoms with van der Waals surface area (Å²) in [4.78, 5) is 15.9. The Hall–Kier alpha value is -2.20. The lowest BCUT2D eigenvalue weighted by Gasteiger charge is -2.13. The number of aromatic nitrogens is 1. The van der Waals surface area contributed by atoms with Gasteiger partial charge in [-0.1, -0.05) is 36.4 Å². The van der Waals surface area contributed by atoms with Gasteiger partial charge in [-0.2, -0.15) is 0 Å². The van der Waals surface area contributed by atoms with Crippen LogP contribution in [0.2, 0.25) is 0 Å². The fourth-order valence-electron chi connectivity index (χ4n) is 2.06. The first-order valence-corrected chi connectivity index (χ1v) is 7.59. The lowest BCUT2D eigenvalue weighted by atomic mass is 10.2. The van der Waals surface area contributed by atoms with Crippen LogP contribution in [0.1, 0.15) is 29.4 Å². The Kier molecular flexibility index (Phi) is 6.58. The molecule has 0 saturated carbocycles. The molecule has 0 saturated heterocycles. The summed E-state index contributed by atoms with van der Waals surface area (Å²) in [6, 6.07) is 15.6. The quantitative estimate of drug-likeness (QED) is 0.762. The van der Waals surface area contributed by atoms with Crippen LogP contribution >= 0.6 is 0 Å². The van der Waals surface area contributed by atoms with E-state index < -0.39 is 0 Å². The topological polar surface area (TPSA) is 51.2 Å². The van der Waals surface area contributed by atoms with Gasteiger partial charge < -0.3 is 10.1 Å². The van der Waals surface area contributed by atoms with Crippen LogP contribution in [0.25, 0.3) is 0 Å². The monoisotopic (exact) mass is 298 g/mol. The van der Waals surface area contributed by atoms with Gasteiger partial charge in [0, 0.05) is 18.8 Å². The van der Waals surface area contributed by atoms with E-state index in [2.05, 4.69) is 22.4 Å². The summed E-state index contributed by atoms with van der Waals surface area (Å²) < 4.78 is 5.63. The Balaban J connectivity index is 1.60. The Morgan fingerprint density at radius 3 is 2.64 bits per heavy atom. The van der Waals surface area contributed by atoms with Gasteiger partial charge in [-0.25, -0.2) is 0 Å². The molecule has 0 aliphatic heterocycles. The summed E-state index contributed by atoms with van der Waals surface area (Å²) in [5.41, 5.74) is 1.72. The van der Waals surface area contributed by atoms with Gasteiger partial charge in [-0.15, -0.1) is 0 Å². The molecular weight excluding hydrogens is 276 g/mol. The van der Waals surface area contributed by atoms with Crippen LogP contribution in [-0.4, -0.2) is 30.1 Å². The number of rotatable bonds is 8. The maximum atomic E-state index is 11.9. The SMILES string of the molecule is CC(CCOCCc1ccccc1)NC(=O)c1ccccn1. The Morgan fingerprint density at radius 2 is 1.91 bits per heavy atom. The number of carbonyl (C=O) groups is 1. The average Bonchev–Trinajstić information content (AvgIpc) is 2.56. The third kappa shape index (κ3) is 5.66. The van der Waals surface area contributed by atoms with Gasteiger partial charge in [0.05, 0.1) is 6.61 Å². The minimum Gasteiger partial charge on any atom is -0.381 e. The van der Waals surface area contributed by atoms with Crippen LogP contribution in [0.5, 0.6) is 0 Å². The highest BCUT2D eigenvalue weighted by Gasteiger charge is 2.10. The van der Waals surface area contributed by atoms with E-state index in [-0.39, 0.29) is 11.9 Å². The van der Waals surface area contributed by atoms with E-state index in [1.165, 1.54) is 5.56 Å². The second-order valence-corrected chi connectivity index (χ2v) is 5.23. The molecule has 0 aliphatic carbocycles. The predicted octanol–water partition coefficient (Wildman–Crippen LogP) is 2.85. The number of nitrogens with zero attached hydrogens (tertiary/aromatic N) is 1. The zero-order valence-electron chi connectivity index (χ0n) is 12.9. The maximum absolute atomic E-state index is 11.9. The van der Waals surface area contributed by atoms with Crippen LogP contribution in [0.3, 0.4) is 0 Å². The molecule has 22 heavy (non-hydrogen) atoms. The van der Waals surface area contributed by atoms with Crippen molar-refractivity contribution >= 4 is 5.91 Å². The maximum Gasteiger partial charge on any atom is 0.270 e. The Bertz CT molecular complexity index is 558. The molecule has 4 heteroatoms. The van der Waals surface area contributed by atoms with E-state index in [9.17, 15) is 4.79 Å². The zero-order valence-corrected chi connectivity index (χ0v) is 12.9. The summed E-state index contributed by atoms with van der Waals surface area (Å²) in [6.07, 6.45) is 3.31. The molecule has 1 heterocycles. The fourth-order valence-corrected chi connectivity index (χ4v) is 2.06. The first-order chi connectivity index (χ1) is 10.8. The van der Waals surface area contributed by atoms with E-state index in [1.54, 1.807) is 24.4 Å². The molecule has 0 bridgehead atoms. The highest BCUT2D eigenvalue weighted by atomic mass is 16.5. The minimum atomic E-state index is -0.141. The second kappa shape index (κ2) is 8.95. The molecule has 0 spiro atoms. The third-order valence-corrected chi connectivity index (χ3v) is 3.35. The van der Waals surface area contributed by atoms with Gasteiger partial charge in [-0.05, 0) is 37.5 Å². The zero-order chi connectivity index (χ0) is 15.6. The number of pyridine rings is 1. The first-order valence-electron chi connectivity index (χ1n) is 7.59. The van der Waals surface area contributed by atoms with Crippen LogP contribution in [0, 0.1) is 0 Å². The van der Waals surface area contributed by atoms with Crippen molar-refractivity contribution in [2.24, 2.45) is 0 Å². The molecule has 4 nitrogen and oxygen atoms in total. The summed E-state index contributed by atoms with van der Waals surface area (Å²) >= 11 is 0. The van der Waals surface area contributed by atoms with Gasteiger partial charge in [0.15, 0.2) is 0 Å². The number of hydrogen-bond acceptors (Lipinski definition) is 3. The molecule has 0 fully saturated rings. The fraction of sp³-hybridized carbons (Fsp3) is 0.333. The Labute approximate surface area is 131 Å². The first kappa shape index (κ1) is 16.2. The summed E-state index contributed by atoms with van der Waals surface area (Å²) in [7, 11) is 0. The highest BCUT2D eigenvalue weighted by molar-refractivity contribution is 5.92. The summed E-state index contributed by atoms with van der Waals surface area (Å²) in [5, 5.41) is 2.92. The van der Waals surface area contributed by atoms with Gasteiger partial charge >= 0.3 is 0 Å². The van der Waals surface area contributed by atoms with E-state index in [4.69, 9.17) is 4.74 Å². The van der Waals surface area contributed by atoms with Crippen molar-refractivity contribution in [2.75, 3.05) is 13.2 Å². The molecule has 1 aromatic carbocycles. The molecule has 2 rings (SSSR count). The summed E-state index contributed by atoms with van der Waals surface area (Å²) in [5.74, 6) is -0.141. The number of ether oxygens (including phenoxy) is 1.